The number of anilines is 2. The van der Waals surface area contributed by atoms with Gasteiger partial charge in [0.25, 0.3) is 0 Å². The number of rotatable bonds is 6. The summed E-state index contributed by atoms with van der Waals surface area (Å²) in [5.74, 6) is 0.536. The van der Waals surface area contributed by atoms with Crippen molar-refractivity contribution < 1.29 is 0 Å². The molecule has 2 aromatic heterocycles. The molecule has 0 unspecified atom stereocenters. The van der Waals surface area contributed by atoms with Crippen LogP contribution in [0.25, 0.3) is 16.2 Å². The molecule has 0 atom stereocenters. The molecule has 1 N–H and O–H groups in total. The smallest absolute Gasteiger partial charge is 0.214 e. The van der Waals surface area contributed by atoms with Crippen molar-refractivity contribution >= 4 is 27.1 Å². The third-order valence-electron chi connectivity index (χ3n) is 4.81. The molecule has 0 amide bonds. The van der Waals surface area contributed by atoms with E-state index in [1.807, 2.05) is 24.8 Å². The van der Waals surface area contributed by atoms with Crippen molar-refractivity contribution in [2.75, 3.05) is 24.3 Å². The van der Waals surface area contributed by atoms with Crippen molar-refractivity contribution in [1.82, 2.24) is 14.6 Å². The second kappa shape index (κ2) is 7.64. The Bertz CT molecular complexity index is 1030. The van der Waals surface area contributed by atoms with E-state index < -0.39 is 0 Å². The first kappa shape index (κ1) is 18.5. The first-order valence-corrected chi connectivity index (χ1v) is 10.3. The highest BCUT2D eigenvalue weighted by Gasteiger charge is 2.10. The van der Waals surface area contributed by atoms with Crippen LogP contribution >= 0.6 is 11.3 Å². The lowest BCUT2D eigenvalue weighted by molar-refractivity contribution is 0.867. The Labute approximate surface area is 169 Å². The standard InChI is InChI=1S/C22H25N5S/c1-15(2)17-7-9-18(10-8-17)20-14-27-22(24-20)28-21(25-27)23-13-16-5-11-19(12-6-16)26(3)4/h5-12,14-15H,13H2,1-4H3,(H,23,25). The van der Waals surface area contributed by atoms with Crippen LogP contribution in [0.2, 0.25) is 0 Å². The van der Waals surface area contributed by atoms with Crippen molar-refractivity contribution in [2.24, 2.45) is 0 Å². The van der Waals surface area contributed by atoms with Gasteiger partial charge in [0.15, 0.2) is 0 Å². The minimum atomic E-state index is 0.536. The Morgan fingerprint density at radius 1 is 1.04 bits per heavy atom. The zero-order valence-corrected chi connectivity index (χ0v) is 17.5. The van der Waals surface area contributed by atoms with Gasteiger partial charge < -0.3 is 10.2 Å². The summed E-state index contributed by atoms with van der Waals surface area (Å²) in [6.45, 7) is 5.15. The van der Waals surface area contributed by atoms with Crippen LogP contribution in [0.5, 0.6) is 0 Å². The van der Waals surface area contributed by atoms with Gasteiger partial charge in [0.1, 0.15) is 0 Å². The van der Waals surface area contributed by atoms with Gasteiger partial charge in [-0.05, 0) is 29.2 Å². The van der Waals surface area contributed by atoms with E-state index in [1.165, 1.54) is 16.8 Å². The number of hydrogen-bond donors (Lipinski definition) is 1. The largest absolute Gasteiger partial charge is 0.378 e. The first-order chi connectivity index (χ1) is 13.5. The van der Waals surface area contributed by atoms with Crippen LogP contribution in [0.1, 0.15) is 30.9 Å². The number of benzene rings is 2. The molecule has 4 aromatic rings. The van der Waals surface area contributed by atoms with E-state index in [0.717, 1.165) is 27.9 Å². The highest BCUT2D eigenvalue weighted by Crippen LogP contribution is 2.26. The van der Waals surface area contributed by atoms with Crippen LogP contribution in [0.15, 0.2) is 54.7 Å². The molecule has 5 nitrogen and oxygen atoms in total. The van der Waals surface area contributed by atoms with E-state index in [1.54, 1.807) is 11.3 Å². The lowest BCUT2D eigenvalue weighted by Crippen LogP contribution is -2.08. The molecule has 0 aliphatic carbocycles. The van der Waals surface area contributed by atoms with Crippen LogP contribution in [-0.4, -0.2) is 28.7 Å². The van der Waals surface area contributed by atoms with Crippen LogP contribution in [0, 0.1) is 0 Å². The lowest BCUT2D eigenvalue weighted by atomic mass is 10.0. The van der Waals surface area contributed by atoms with E-state index in [9.17, 15) is 0 Å². The lowest BCUT2D eigenvalue weighted by Gasteiger charge is -2.12. The second-order valence-corrected chi connectivity index (χ2v) is 8.41. The van der Waals surface area contributed by atoms with Gasteiger partial charge in [0.05, 0.1) is 11.9 Å². The van der Waals surface area contributed by atoms with Crippen molar-refractivity contribution in [3.8, 4) is 11.3 Å². The molecule has 6 heteroatoms. The van der Waals surface area contributed by atoms with E-state index in [4.69, 9.17) is 4.98 Å². The minimum Gasteiger partial charge on any atom is -0.378 e. The summed E-state index contributed by atoms with van der Waals surface area (Å²) in [5, 5.41) is 8.89. The monoisotopic (exact) mass is 391 g/mol. The Morgan fingerprint density at radius 2 is 1.75 bits per heavy atom. The molecule has 0 fully saturated rings. The van der Waals surface area contributed by atoms with Gasteiger partial charge in [0, 0.05) is 31.9 Å². The zero-order chi connectivity index (χ0) is 19.7. The molecule has 0 saturated heterocycles. The van der Waals surface area contributed by atoms with E-state index >= 15 is 0 Å². The van der Waals surface area contributed by atoms with Gasteiger partial charge in [-0.2, -0.15) is 0 Å². The van der Waals surface area contributed by atoms with Gasteiger partial charge >= 0.3 is 0 Å². The van der Waals surface area contributed by atoms with Crippen molar-refractivity contribution in [1.29, 1.82) is 0 Å². The van der Waals surface area contributed by atoms with Gasteiger partial charge in [-0.1, -0.05) is 61.6 Å². The Balaban J connectivity index is 1.45. The molecule has 0 spiro atoms. The topological polar surface area (TPSA) is 45.5 Å². The number of nitrogens with zero attached hydrogens (tertiary/aromatic N) is 4. The molecular formula is C22H25N5S. The van der Waals surface area contributed by atoms with Crippen molar-refractivity contribution in [3.05, 3.63) is 65.9 Å². The maximum Gasteiger partial charge on any atom is 0.214 e. The summed E-state index contributed by atoms with van der Waals surface area (Å²) in [7, 11) is 4.09. The molecule has 2 heterocycles. The Morgan fingerprint density at radius 3 is 2.36 bits per heavy atom. The van der Waals surface area contributed by atoms with E-state index in [0.29, 0.717) is 5.92 Å². The predicted molar refractivity (Wildman–Crippen MR) is 118 cm³/mol. The molecule has 2 aromatic carbocycles. The summed E-state index contributed by atoms with van der Waals surface area (Å²) >= 11 is 1.57. The van der Waals surface area contributed by atoms with Crippen molar-refractivity contribution in [3.63, 3.8) is 0 Å². The van der Waals surface area contributed by atoms with Gasteiger partial charge in [-0.15, -0.1) is 5.10 Å². The number of fused-ring (bicyclic) bond motifs is 1. The Hall–Kier alpha value is -2.86. The van der Waals surface area contributed by atoms with E-state index in [2.05, 4.69) is 77.7 Å². The fourth-order valence-electron chi connectivity index (χ4n) is 3.04. The van der Waals surface area contributed by atoms with Gasteiger partial charge in [0.2, 0.25) is 10.1 Å². The third-order valence-corrected chi connectivity index (χ3v) is 5.69. The van der Waals surface area contributed by atoms with Crippen LogP contribution in [0.4, 0.5) is 10.8 Å². The molecule has 0 saturated carbocycles. The Kier molecular flexibility index (Phi) is 5.05. The molecule has 4 rings (SSSR count). The molecule has 0 radical (unpaired) electrons. The number of nitrogens with one attached hydrogen (secondary N) is 1. The minimum absolute atomic E-state index is 0.536. The molecule has 28 heavy (non-hydrogen) atoms. The number of imidazole rings is 1. The first-order valence-electron chi connectivity index (χ1n) is 9.46. The van der Waals surface area contributed by atoms with E-state index in [-0.39, 0.29) is 0 Å². The fourth-order valence-corrected chi connectivity index (χ4v) is 3.82. The maximum atomic E-state index is 4.74. The van der Waals surface area contributed by atoms with Crippen LogP contribution in [-0.2, 0) is 6.54 Å². The molecule has 0 aliphatic rings. The number of hydrogen-bond acceptors (Lipinski definition) is 5. The van der Waals surface area contributed by atoms with Crippen molar-refractivity contribution in [2.45, 2.75) is 26.3 Å². The average molecular weight is 392 g/mol. The predicted octanol–water partition coefficient (Wildman–Crippen LogP) is 5.26. The normalized spacial score (nSPS) is 11.3. The summed E-state index contributed by atoms with van der Waals surface area (Å²) in [4.78, 5) is 7.73. The fraction of sp³-hybridized carbons (Fsp3) is 0.273. The van der Waals surface area contributed by atoms with Crippen LogP contribution in [0.3, 0.4) is 0 Å². The van der Waals surface area contributed by atoms with Gasteiger partial charge in [-0.3, -0.25) is 0 Å². The maximum absolute atomic E-state index is 4.74. The third kappa shape index (κ3) is 3.87. The summed E-state index contributed by atoms with van der Waals surface area (Å²) in [6.07, 6.45) is 1.99. The number of aromatic nitrogens is 3. The average Bonchev–Trinajstić information content (AvgIpc) is 3.25. The molecule has 0 aliphatic heterocycles. The quantitative estimate of drug-likeness (QED) is 0.487. The van der Waals surface area contributed by atoms with Gasteiger partial charge in [-0.25, -0.2) is 9.50 Å². The molecule has 144 valence electrons. The highest BCUT2D eigenvalue weighted by atomic mass is 32.1. The summed E-state index contributed by atoms with van der Waals surface area (Å²) < 4.78 is 1.85. The zero-order valence-electron chi connectivity index (χ0n) is 16.7. The van der Waals surface area contributed by atoms with Crippen LogP contribution < -0.4 is 10.2 Å². The molecule has 0 bridgehead atoms. The second-order valence-electron chi connectivity index (χ2n) is 7.45. The summed E-state index contributed by atoms with van der Waals surface area (Å²) in [5.41, 5.74) is 5.85. The summed E-state index contributed by atoms with van der Waals surface area (Å²) in [6, 6.07) is 17.2. The SMILES string of the molecule is CC(C)c1ccc(-c2cn3nc(NCc4ccc(N(C)C)cc4)sc3n2)cc1. The highest BCUT2D eigenvalue weighted by molar-refractivity contribution is 7.20. The molecular weight excluding hydrogens is 366 g/mol.